The number of amides is 1. The molecule has 0 aromatic heterocycles. The lowest BCUT2D eigenvalue weighted by Crippen LogP contribution is -2.52. The average Bonchev–Trinajstić information content (AvgIpc) is 2.44. The maximum absolute atomic E-state index is 13.3. The van der Waals surface area contributed by atoms with Crippen molar-refractivity contribution in [1.29, 1.82) is 0 Å². The van der Waals surface area contributed by atoms with E-state index in [4.69, 9.17) is 5.73 Å². The monoisotopic (exact) mass is 310 g/mol. The Morgan fingerprint density at radius 1 is 1.52 bits per heavy atom. The van der Waals surface area contributed by atoms with E-state index in [0.717, 1.165) is 36.1 Å². The van der Waals surface area contributed by atoms with Crippen molar-refractivity contribution in [3.8, 4) is 0 Å². The van der Waals surface area contributed by atoms with Gasteiger partial charge in [0.2, 0.25) is 5.91 Å². The summed E-state index contributed by atoms with van der Waals surface area (Å²) in [5.41, 5.74) is 6.62. The fraction of sp³-hybridized carbons (Fsp3) is 0.562. The van der Waals surface area contributed by atoms with E-state index in [1.54, 1.807) is 17.8 Å². The first-order valence-electron chi connectivity index (χ1n) is 7.33. The quantitative estimate of drug-likeness (QED) is 0.840. The first kappa shape index (κ1) is 16.3. The molecule has 1 aromatic carbocycles. The van der Waals surface area contributed by atoms with Crippen LogP contribution in [0.25, 0.3) is 0 Å². The highest BCUT2D eigenvalue weighted by Gasteiger charge is 2.37. The second-order valence-electron chi connectivity index (χ2n) is 5.98. The number of carbonyl (C=O) groups excluding carboxylic acids is 1. The molecule has 1 fully saturated rings. The molecule has 0 saturated heterocycles. The molecule has 0 heterocycles. The van der Waals surface area contributed by atoms with Gasteiger partial charge in [0, 0.05) is 17.0 Å². The van der Waals surface area contributed by atoms with Crippen LogP contribution in [-0.4, -0.2) is 17.7 Å². The highest BCUT2D eigenvalue weighted by molar-refractivity contribution is 7.98. The van der Waals surface area contributed by atoms with Gasteiger partial charge < -0.3 is 11.1 Å². The van der Waals surface area contributed by atoms with E-state index >= 15 is 0 Å². The number of rotatable bonds is 4. The molecule has 2 unspecified atom stereocenters. The number of hydrogen-bond donors (Lipinski definition) is 2. The minimum absolute atomic E-state index is 0.0176. The topological polar surface area (TPSA) is 55.1 Å². The number of benzene rings is 1. The normalized spacial score (nSPS) is 25.6. The standard InChI is InChI=1S/C16H23FN2OS/c1-16(18)8-4-3-5-13(16)15(20)19-10-11-9-12(17)6-7-14(11)21-2/h6-7,9,13H,3-5,8,10,18H2,1-2H3,(H,19,20). The van der Waals surface area contributed by atoms with Crippen molar-refractivity contribution < 1.29 is 9.18 Å². The highest BCUT2D eigenvalue weighted by atomic mass is 32.2. The van der Waals surface area contributed by atoms with Gasteiger partial charge in [0.1, 0.15) is 5.82 Å². The Kier molecular flexibility index (Phi) is 5.27. The second kappa shape index (κ2) is 6.79. The Morgan fingerprint density at radius 3 is 2.95 bits per heavy atom. The third kappa shape index (κ3) is 3.98. The molecule has 2 atom stereocenters. The predicted molar refractivity (Wildman–Crippen MR) is 84.6 cm³/mol. The minimum Gasteiger partial charge on any atom is -0.352 e. The molecule has 0 radical (unpaired) electrons. The SMILES string of the molecule is CSc1ccc(F)cc1CNC(=O)C1CCCCC1(C)N. The smallest absolute Gasteiger partial charge is 0.225 e. The van der Waals surface area contributed by atoms with Gasteiger partial charge in [0.05, 0.1) is 5.92 Å². The van der Waals surface area contributed by atoms with E-state index in [9.17, 15) is 9.18 Å². The van der Waals surface area contributed by atoms with Crippen molar-refractivity contribution in [3.05, 3.63) is 29.6 Å². The summed E-state index contributed by atoms with van der Waals surface area (Å²) in [6.45, 7) is 2.30. The molecule has 0 aliphatic heterocycles. The van der Waals surface area contributed by atoms with E-state index < -0.39 is 5.54 Å². The molecule has 0 bridgehead atoms. The molecule has 3 nitrogen and oxygen atoms in total. The molecule has 0 spiro atoms. The van der Waals surface area contributed by atoms with Crippen LogP contribution < -0.4 is 11.1 Å². The van der Waals surface area contributed by atoms with Crippen LogP contribution in [0, 0.1) is 11.7 Å². The summed E-state index contributed by atoms with van der Waals surface area (Å²) in [7, 11) is 0. The first-order chi connectivity index (χ1) is 9.94. The Labute approximate surface area is 129 Å². The second-order valence-corrected chi connectivity index (χ2v) is 6.83. The van der Waals surface area contributed by atoms with Gasteiger partial charge in [-0.05, 0) is 49.8 Å². The zero-order valence-electron chi connectivity index (χ0n) is 12.6. The Balaban J connectivity index is 2.02. The number of halogens is 1. The lowest BCUT2D eigenvalue weighted by molar-refractivity contribution is -0.128. The molecule has 1 aromatic rings. The van der Waals surface area contributed by atoms with Crippen LogP contribution in [0.1, 0.15) is 38.2 Å². The van der Waals surface area contributed by atoms with Crippen LogP contribution in [0.15, 0.2) is 23.1 Å². The molecule has 3 N–H and O–H groups in total. The van der Waals surface area contributed by atoms with Gasteiger partial charge >= 0.3 is 0 Å². The summed E-state index contributed by atoms with van der Waals surface area (Å²) in [6.07, 6.45) is 5.77. The van der Waals surface area contributed by atoms with Crippen LogP contribution in [0.5, 0.6) is 0 Å². The summed E-state index contributed by atoms with van der Waals surface area (Å²) in [5.74, 6) is -0.452. The maximum Gasteiger partial charge on any atom is 0.225 e. The highest BCUT2D eigenvalue weighted by Crippen LogP contribution is 2.31. The molecule has 1 amide bonds. The largest absolute Gasteiger partial charge is 0.352 e. The van der Waals surface area contributed by atoms with E-state index in [0.29, 0.717) is 6.54 Å². The number of hydrogen-bond acceptors (Lipinski definition) is 3. The van der Waals surface area contributed by atoms with E-state index in [1.165, 1.54) is 12.1 Å². The number of carbonyl (C=O) groups is 1. The minimum atomic E-state index is -0.438. The maximum atomic E-state index is 13.3. The molecule has 1 aliphatic rings. The number of nitrogens with one attached hydrogen (secondary N) is 1. The van der Waals surface area contributed by atoms with Crippen molar-refractivity contribution >= 4 is 17.7 Å². The van der Waals surface area contributed by atoms with E-state index in [1.807, 2.05) is 13.2 Å². The van der Waals surface area contributed by atoms with Gasteiger partial charge in [-0.1, -0.05) is 12.8 Å². The fourth-order valence-electron chi connectivity index (χ4n) is 2.98. The molecule has 21 heavy (non-hydrogen) atoms. The van der Waals surface area contributed by atoms with E-state index in [-0.39, 0.29) is 17.6 Å². The van der Waals surface area contributed by atoms with Crippen LogP contribution in [-0.2, 0) is 11.3 Å². The Bertz CT molecular complexity index is 519. The predicted octanol–water partition coefficient (Wildman–Crippen LogP) is 3.07. The lowest BCUT2D eigenvalue weighted by atomic mass is 9.74. The molecule has 116 valence electrons. The van der Waals surface area contributed by atoms with Crippen LogP contribution in [0.4, 0.5) is 4.39 Å². The molecule has 1 aliphatic carbocycles. The molecule has 5 heteroatoms. The number of nitrogens with two attached hydrogens (primary N) is 1. The average molecular weight is 310 g/mol. The molecule has 1 saturated carbocycles. The third-order valence-electron chi connectivity index (χ3n) is 4.27. The lowest BCUT2D eigenvalue weighted by Gasteiger charge is -2.37. The molecular formula is C16H23FN2OS. The van der Waals surface area contributed by atoms with Gasteiger partial charge in [0.25, 0.3) is 0 Å². The summed E-state index contributed by atoms with van der Waals surface area (Å²) >= 11 is 1.55. The fourth-order valence-corrected chi connectivity index (χ4v) is 3.58. The summed E-state index contributed by atoms with van der Waals surface area (Å²) in [5, 5.41) is 2.93. The molecular weight excluding hydrogens is 287 g/mol. The van der Waals surface area contributed by atoms with Crippen molar-refractivity contribution in [2.24, 2.45) is 11.7 Å². The zero-order chi connectivity index (χ0) is 15.5. The van der Waals surface area contributed by atoms with Gasteiger partial charge in [-0.15, -0.1) is 11.8 Å². The summed E-state index contributed by atoms with van der Waals surface area (Å²) in [6, 6.07) is 4.67. The summed E-state index contributed by atoms with van der Waals surface area (Å²) < 4.78 is 13.3. The van der Waals surface area contributed by atoms with Crippen LogP contribution in [0.2, 0.25) is 0 Å². The first-order valence-corrected chi connectivity index (χ1v) is 8.55. The van der Waals surface area contributed by atoms with Gasteiger partial charge in [-0.25, -0.2) is 4.39 Å². The van der Waals surface area contributed by atoms with Crippen LogP contribution >= 0.6 is 11.8 Å². The van der Waals surface area contributed by atoms with Crippen molar-refractivity contribution in [3.63, 3.8) is 0 Å². The third-order valence-corrected chi connectivity index (χ3v) is 5.10. The van der Waals surface area contributed by atoms with Crippen molar-refractivity contribution in [2.45, 2.75) is 49.6 Å². The summed E-state index contributed by atoms with van der Waals surface area (Å²) in [4.78, 5) is 13.4. The zero-order valence-corrected chi connectivity index (χ0v) is 13.4. The number of thioether (sulfide) groups is 1. The Morgan fingerprint density at radius 2 is 2.29 bits per heavy atom. The Hall–Kier alpha value is -1.07. The van der Waals surface area contributed by atoms with Gasteiger partial charge in [-0.3, -0.25) is 4.79 Å². The van der Waals surface area contributed by atoms with Gasteiger partial charge in [-0.2, -0.15) is 0 Å². The van der Waals surface area contributed by atoms with Crippen molar-refractivity contribution in [2.75, 3.05) is 6.26 Å². The van der Waals surface area contributed by atoms with E-state index in [2.05, 4.69) is 5.32 Å². The molecule has 2 rings (SSSR count). The van der Waals surface area contributed by atoms with Gasteiger partial charge in [0.15, 0.2) is 0 Å². The van der Waals surface area contributed by atoms with Crippen molar-refractivity contribution in [1.82, 2.24) is 5.32 Å². The van der Waals surface area contributed by atoms with Crippen LogP contribution in [0.3, 0.4) is 0 Å².